The third-order valence-corrected chi connectivity index (χ3v) is 4.92. The number of hydrogen-bond acceptors (Lipinski definition) is 8. The Balaban J connectivity index is 1.41. The number of H-pyrrole nitrogens is 1. The number of carbonyl (C=O) groups is 2. The second-order valence-electron chi connectivity index (χ2n) is 7.29. The molecule has 0 aliphatic carbocycles. The highest BCUT2D eigenvalue weighted by atomic mass is 16.6. The number of carbonyl (C=O) groups excluding carboxylic acids is 2. The van der Waals surface area contributed by atoms with Gasteiger partial charge in [-0.2, -0.15) is 0 Å². The number of ether oxygens (including phenoxy) is 4. The summed E-state index contributed by atoms with van der Waals surface area (Å²) in [6.07, 6.45) is 2.03. The lowest BCUT2D eigenvalue weighted by Crippen LogP contribution is -2.13. The molecule has 1 N–H and O–H groups in total. The SMILES string of the molecule is CCC(=O)c1ccc2[nH]c(C(=O)c3cn(CCOCCOCCOCCOC)nn3)cc2c1. The number of benzene rings is 1. The molecular weight excluding hydrogens is 428 g/mol. The maximum Gasteiger partial charge on any atom is 0.231 e. The Morgan fingerprint density at radius 2 is 1.67 bits per heavy atom. The summed E-state index contributed by atoms with van der Waals surface area (Å²) in [7, 11) is 1.63. The van der Waals surface area contributed by atoms with Gasteiger partial charge >= 0.3 is 0 Å². The van der Waals surface area contributed by atoms with Gasteiger partial charge < -0.3 is 23.9 Å². The molecule has 0 radical (unpaired) electrons. The first-order chi connectivity index (χ1) is 16.1. The molecule has 0 saturated heterocycles. The molecule has 0 spiro atoms. The molecular formula is C23H30N4O6. The first kappa shape index (κ1) is 24.7. The zero-order valence-electron chi connectivity index (χ0n) is 19.0. The molecule has 3 aromatic rings. The van der Waals surface area contributed by atoms with E-state index < -0.39 is 0 Å². The summed E-state index contributed by atoms with van der Waals surface area (Å²) in [5.74, 6) is -0.197. The standard InChI is InChI=1S/C23H30N4O6/c1-3-22(28)17-4-5-19-18(14-17)15-20(24-19)23(29)21-16-27(26-25-21)6-7-31-10-11-33-13-12-32-9-8-30-2/h4-5,14-16,24H,3,6-13H2,1-2H3. The van der Waals surface area contributed by atoms with Gasteiger partial charge in [0.2, 0.25) is 5.78 Å². The van der Waals surface area contributed by atoms with Crippen LogP contribution in [-0.4, -0.2) is 84.9 Å². The fourth-order valence-electron chi connectivity index (χ4n) is 3.12. The van der Waals surface area contributed by atoms with E-state index in [-0.39, 0.29) is 17.3 Å². The fraction of sp³-hybridized carbons (Fsp3) is 0.478. The van der Waals surface area contributed by atoms with Crippen LogP contribution in [0.5, 0.6) is 0 Å². The van der Waals surface area contributed by atoms with Gasteiger partial charge in [0.1, 0.15) is 0 Å². The Morgan fingerprint density at radius 1 is 0.970 bits per heavy atom. The van der Waals surface area contributed by atoms with Gasteiger partial charge in [-0.15, -0.1) is 5.10 Å². The number of methoxy groups -OCH3 is 1. The van der Waals surface area contributed by atoms with Gasteiger partial charge in [-0.1, -0.05) is 12.1 Å². The Morgan fingerprint density at radius 3 is 2.36 bits per heavy atom. The lowest BCUT2D eigenvalue weighted by Gasteiger charge is -2.06. The summed E-state index contributed by atoms with van der Waals surface area (Å²) in [6.45, 7) is 5.79. The molecule has 0 aliphatic heterocycles. The van der Waals surface area contributed by atoms with Crippen LogP contribution in [-0.2, 0) is 25.5 Å². The predicted molar refractivity (Wildman–Crippen MR) is 121 cm³/mol. The van der Waals surface area contributed by atoms with Gasteiger partial charge in [-0.3, -0.25) is 9.59 Å². The summed E-state index contributed by atoms with van der Waals surface area (Å²) < 4.78 is 22.7. The molecule has 0 amide bonds. The molecule has 0 bridgehead atoms. The van der Waals surface area contributed by atoms with Crippen molar-refractivity contribution in [3.63, 3.8) is 0 Å². The van der Waals surface area contributed by atoms with Gasteiger partial charge in [-0.05, 0) is 24.3 Å². The highest BCUT2D eigenvalue weighted by Crippen LogP contribution is 2.20. The van der Waals surface area contributed by atoms with Crippen molar-refractivity contribution in [1.82, 2.24) is 20.0 Å². The van der Waals surface area contributed by atoms with E-state index in [1.807, 2.05) is 6.92 Å². The average Bonchev–Trinajstić information content (AvgIpc) is 3.48. The van der Waals surface area contributed by atoms with Crippen LogP contribution in [0.4, 0.5) is 0 Å². The van der Waals surface area contributed by atoms with Crippen LogP contribution in [0, 0.1) is 0 Å². The number of aromatic amines is 1. The zero-order valence-corrected chi connectivity index (χ0v) is 19.0. The first-order valence-electron chi connectivity index (χ1n) is 10.9. The van der Waals surface area contributed by atoms with E-state index in [1.165, 1.54) is 0 Å². The van der Waals surface area contributed by atoms with Crippen LogP contribution in [0.25, 0.3) is 10.9 Å². The summed E-state index contributed by atoms with van der Waals surface area (Å²) in [4.78, 5) is 27.8. The summed E-state index contributed by atoms with van der Waals surface area (Å²) in [6, 6.07) is 7.09. The summed E-state index contributed by atoms with van der Waals surface area (Å²) in [5, 5.41) is 8.78. The van der Waals surface area contributed by atoms with Crippen LogP contribution in [0.2, 0.25) is 0 Å². The minimum Gasteiger partial charge on any atom is -0.382 e. The predicted octanol–water partition coefficient (Wildman–Crippen LogP) is 2.28. The van der Waals surface area contributed by atoms with E-state index in [4.69, 9.17) is 18.9 Å². The Bertz CT molecular complexity index is 1040. The third kappa shape index (κ3) is 7.29. The monoisotopic (exact) mass is 458 g/mol. The molecule has 3 rings (SSSR count). The largest absolute Gasteiger partial charge is 0.382 e. The van der Waals surface area contributed by atoms with Crippen LogP contribution >= 0.6 is 0 Å². The van der Waals surface area contributed by atoms with Gasteiger partial charge in [0.05, 0.1) is 64.7 Å². The number of nitrogens with one attached hydrogen (secondary N) is 1. The maximum absolute atomic E-state index is 12.8. The molecule has 10 nitrogen and oxygen atoms in total. The van der Waals surface area contributed by atoms with Crippen LogP contribution < -0.4 is 0 Å². The number of nitrogens with zero attached hydrogens (tertiary/aromatic N) is 3. The number of rotatable bonds is 16. The topological polar surface area (TPSA) is 118 Å². The lowest BCUT2D eigenvalue weighted by molar-refractivity contribution is 0.00244. The normalized spacial score (nSPS) is 11.3. The number of Topliss-reactive ketones (excluding diaryl/α,β-unsaturated/α-hetero) is 1. The quantitative estimate of drug-likeness (QED) is 0.257. The zero-order chi connectivity index (χ0) is 23.5. The van der Waals surface area contributed by atoms with Gasteiger partial charge in [0.15, 0.2) is 11.5 Å². The summed E-state index contributed by atoms with van der Waals surface area (Å²) in [5.41, 5.74) is 2.06. The van der Waals surface area contributed by atoms with E-state index in [1.54, 1.807) is 42.3 Å². The Kier molecular flexibility index (Phi) is 9.70. The molecule has 2 aromatic heterocycles. The van der Waals surface area contributed by atoms with Crippen LogP contribution in [0.3, 0.4) is 0 Å². The van der Waals surface area contributed by atoms with E-state index in [0.29, 0.717) is 70.5 Å². The van der Waals surface area contributed by atoms with Crippen molar-refractivity contribution in [1.29, 1.82) is 0 Å². The molecule has 0 aliphatic rings. The van der Waals surface area contributed by atoms with Gasteiger partial charge in [0, 0.05) is 30.0 Å². The second-order valence-corrected chi connectivity index (χ2v) is 7.29. The van der Waals surface area contributed by atoms with Crippen molar-refractivity contribution in [3.05, 3.63) is 47.4 Å². The molecule has 2 heterocycles. The molecule has 10 heteroatoms. The maximum atomic E-state index is 12.8. The summed E-state index contributed by atoms with van der Waals surface area (Å²) >= 11 is 0. The van der Waals surface area contributed by atoms with E-state index in [9.17, 15) is 9.59 Å². The lowest BCUT2D eigenvalue weighted by atomic mass is 10.1. The van der Waals surface area contributed by atoms with Crippen LogP contribution in [0.15, 0.2) is 30.5 Å². The fourth-order valence-corrected chi connectivity index (χ4v) is 3.12. The van der Waals surface area contributed by atoms with Crippen molar-refractivity contribution in [2.45, 2.75) is 19.9 Å². The van der Waals surface area contributed by atoms with Crippen molar-refractivity contribution in [3.8, 4) is 0 Å². The molecule has 0 saturated carbocycles. The van der Waals surface area contributed by atoms with Crippen molar-refractivity contribution < 1.29 is 28.5 Å². The van der Waals surface area contributed by atoms with E-state index >= 15 is 0 Å². The number of hydrogen-bond donors (Lipinski definition) is 1. The van der Waals surface area contributed by atoms with Crippen molar-refractivity contribution >= 4 is 22.5 Å². The number of ketones is 2. The highest BCUT2D eigenvalue weighted by Gasteiger charge is 2.16. The molecule has 0 unspecified atom stereocenters. The van der Waals surface area contributed by atoms with Gasteiger partial charge in [-0.25, -0.2) is 4.68 Å². The minimum atomic E-state index is -0.261. The number of fused-ring (bicyclic) bond motifs is 1. The molecule has 33 heavy (non-hydrogen) atoms. The molecule has 0 fully saturated rings. The molecule has 178 valence electrons. The first-order valence-corrected chi connectivity index (χ1v) is 10.9. The Hall–Kier alpha value is -2.92. The minimum absolute atomic E-state index is 0.0645. The third-order valence-electron chi connectivity index (χ3n) is 4.92. The van der Waals surface area contributed by atoms with E-state index in [0.717, 1.165) is 10.9 Å². The number of aromatic nitrogens is 4. The van der Waals surface area contributed by atoms with E-state index in [2.05, 4.69) is 15.3 Å². The average molecular weight is 459 g/mol. The molecule has 1 aromatic carbocycles. The van der Waals surface area contributed by atoms with Crippen molar-refractivity contribution in [2.75, 3.05) is 53.4 Å². The smallest absolute Gasteiger partial charge is 0.231 e. The van der Waals surface area contributed by atoms with Crippen molar-refractivity contribution in [2.24, 2.45) is 0 Å². The second kappa shape index (κ2) is 12.9. The Labute approximate surface area is 192 Å². The molecule has 0 atom stereocenters. The van der Waals surface area contributed by atoms with Crippen LogP contribution in [0.1, 0.15) is 39.9 Å². The van der Waals surface area contributed by atoms with Gasteiger partial charge in [0.25, 0.3) is 0 Å². The highest BCUT2D eigenvalue weighted by molar-refractivity contribution is 6.09.